The van der Waals surface area contributed by atoms with Crippen molar-refractivity contribution >= 4 is 0 Å². The van der Waals surface area contributed by atoms with Crippen molar-refractivity contribution in [3.63, 3.8) is 0 Å². The minimum atomic E-state index is 0.469. The second-order valence-electron chi connectivity index (χ2n) is 6.28. The molecule has 2 aliphatic rings. The lowest BCUT2D eigenvalue weighted by molar-refractivity contribution is 0.0129. The highest BCUT2D eigenvalue weighted by Gasteiger charge is 2.19. The van der Waals surface area contributed by atoms with Crippen LogP contribution in [-0.2, 0) is 11.3 Å². The topological polar surface area (TPSA) is 30.5 Å². The van der Waals surface area contributed by atoms with E-state index in [0.717, 1.165) is 18.3 Å². The Hall–Kier alpha value is -1.06. The molecule has 3 nitrogen and oxygen atoms in total. The average Bonchev–Trinajstić information content (AvgIpc) is 3.35. The molecule has 0 radical (unpaired) electrons. The quantitative estimate of drug-likeness (QED) is 0.741. The molecular formula is C18H27NO2. The lowest BCUT2D eigenvalue weighted by atomic mass is 9.98. The third-order valence-corrected chi connectivity index (χ3v) is 4.33. The second-order valence-corrected chi connectivity index (χ2v) is 6.28. The standard InChI is InChI=1S/C18H27NO2/c1-2-6-17(7-3-1)20-11-12-21-18-8-4-5-15(13-18)14-19-16-9-10-16/h4-5,8,13,16-17,19H,1-3,6-7,9-12,14H2. The summed E-state index contributed by atoms with van der Waals surface area (Å²) in [7, 11) is 0. The molecule has 21 heavy (non-hydrogen) atoms. The Bertz CT molecular complexity index is 425. The first-order valence-corrected chi connectivity index (χ1v) is 8.47. The normalized spacial score (nSPS) is 19.6. The number of benzene rings is 1. The zero-order valence-electron chi connectivity index (χ0n) is 12.9. The summed E-state index contributed by atoms with van der Waals surface area (Å²) in [6.45, 7) is 2.30. The molecule has 0 spiro atoms. The SMILES string of the molecule is c1cc(CNC2CC2)cc(OCCOC2CCCCC2)c1. The molecule has 2 aliphatic carbocycles. The van der Waals surface area contributed by atoms with Gasteiger partial charge in [-0.25, -0.2) is 0 Å². The molecule has 0 aromatic heterocycles. The van der Waals surface area contributed by atoms with Crippen LogP contribution in [-0.4, -0.2) is 25.4 Å². The molecule has 1 aromatic carbocycles. The zero-order chi connectivity index (χ0) is 14.3. The van der Waals surface area contributed by atoms with E-state index in [2.05, 4.69) is 23.5 Å². The first kappa shape index (κ1) is 14.9. The fraction of sp³-hybridized carbons (Fsp3) is 0.667. The molecule has 0 bridgehead atoms. The van der Waals surface area contributed by atoms with Gasteiger partial charge in [0.1, 0.15) is 12.4 Å². The van der Waals surface area contributed by atoms with Gasteiger partial charge in [-0.3, -0.25) is 0 Å². The van der Waals surface area contributed by atoms with Gasteiger partial charge in [0.25, 0.3) is 0 Å². The Labute approximate surface area is 128 Å². The number of hydrogen-bond acceptors (Lipinski definition) is 3. The van der Waals surface area contributed by atoms with Gasteiger partial charge in [-0.15, -0.1) is 0 Å². The summed E-state index contributed by atoms with van der Waals surface area (Å²) in [5.41, 5.74) is 1.30. The number of ether oxygens (including phenoxy) is 2. The maximum absolute atomic E-state index is 5.88. The van der Waals surface area contributed by atoms with Gasteiger partial charge < -0.3 is 14.8 Å². The van der Waals surface area contributed by atoms with Gasteiger partial charge in [0.2, 0.25) is 0 Å². The summed E-state index contributed by atoms with van der Waals surface area (Å²) < 4.78 is 11.7. The Kier molecular flexibility index (Phi) is 5.53. The van der Waals surface area contributed by atoms with Crippen LogP contribution in [0.2, 0.25) is 0 Å². The van der Waals surface area contributed by atoms with E-state index in [0.29, 0.717) is 19.3 Å². The lowest BCUT2D eigenvalue weighted by Crippen LogP contribution is -2.19. The minimum absolute atomic E-state index is 0.469. The summed E-state index contributed by atoms with van der Waals surface area (Å²) in [4.78, 5) is 0. The van der Waals surface area contributed by atoms with Crippen LogP contribution in [0.15, 0.2) is 24.3 Å². The molecule has 2 fully saturated rings. The van der Waals surface area contributed by atoms with E-state index >= 15 is 0 Å². The minimum Gasteiger partial charge on any atom is -0.491 e. The van der Waals surface area contributed by atoms with E-state index in [1.54, 1.807) is 0 Å². The highest BCUT2D eigenvalue weighted by atomic mass is 16.5. The van der Waals surface area contributed by atoms with E-state index in [-0.39, 0.29) is 0 Å². The van der Waals surface area contributed by atoms with E-state index in [1.165, 1.54) is 50.5 Å². The van der Waals surface area contributed by atoms with E-state index in [1.807, 2.05) is 6.07 Å². The van der Waals surface area contributed by atoms with Gasteiger partial charge in [-0.05, 0) is 43.4 Å². The van der Waals surface area contributed by atoms with Crippen molar-refractivity contribution in [2.45, 2.75) is 63.6 Å². The monoisotopic (exact) mass is 289 g/mol. The second kappa shape index (κ2) is 7.81. The molecule has 0 aliphatic heterocycles. The van der Waals surface area contributed by atoms with E-state index in [4.69, 9.17) is 9.47 Å². The molecule has 0 saturated heterocycles. The first-order chi connectivity index (χ1) is 10.4. The number of rotatable bonds is 8. The fourth-order valence-corrected chi connectivity index (χ4v) is 2.90. The Morgan fingerprint density at radius 1 is 1.00 bits per heavy atom. The maximum Gasteiger partial charge on any atom is 0.119 e. The third-order valence-electron chi connectivity index (χ3n) is 4.33. The zero-order valence-corrected chi connectivity index (χ0v) is 12.9. The van der Waals surface area contributed by atoms with Crippen molar-refractivity contribution in [1.29, 1.82) is 0 Å². The first-order valence-electron chi connectivity index (χ1n) is 8.47. The highest BCUT2D eigenvalue weighted by Crippen LogP contribution is 2.21. The molecule has 0 heterocycles. The number of hydrogen-bond donors (Lipinski definition) is 1. The molecule has 3 heteroatoms. The van der Waals surface area contributed by atoms with Crippen LogP contribution in [0.4, 0.5) is 0 Å². The lowest BCUT2D eigenvalue weighted by Gasteiger charge is -2.22. The number of nitrogens with one attached hydrogen (secondary N) is 1. The van der Waals surface area contributed by atoms with Crippen molar-refractivity contribution in [1.82, 2.24) is 5.32 Å². The Morgan fingerprint density at radius 2 is 1.86 bits per heavy atom. The summed E-state index contributed by atoms with van der Waals surface area (Å²) in [5, 5.41) is 3.53. The van der Waals surface area contributed by atoms with Crippen LogP contribution >= 0.6 is 0 Å². The largest absolute Gasteiger partial charge is 0.491 e. The van der Waals surface area contributed by atoms with Crippen molar-refractivity contribution in [3.05, 3.63) is 29.8 Å². The van der Waals surface area contributed by atoms with Crippen LogP contribution in [0.25, 0.3) is 0 Å². The molecule has 0 unspecified atom stereocenters. The summed E-state index contributed by atoms with van der Waals surface area (Å²) >= 11 is 0. The molecule has 1 N–H and O–H groups in total. The molecular weight excluding hydrogens is 262 g/mol. The van der Waals surface area contributed by atoms with Gasteiger partial charge in [0.05, 0.1) is 12.7 Å². The van der Waals surface area contributed by atoms with Crippen LogP contribution in [0, 0.1) is 0 Å². The summed E-state index contributed by atoms with van der Waals surface area (Å²) in [6, 6.07) is 9.14. The van der Waals surface area contributed by atoms with Gasteiger partial charge in [-0.2, -0.15) is 0 Å². The van der Waals surface area contributed by atoms with Crippen LogP contribution in [0.5, 0.6) is 5.75 Å². The fourth-order valence-electron chi connectivity index (χ4n) is 2.90. The average molecular weight is 289 g/mol. The van der Waals surface area contributed by atoms with Crippen LogP contribution < -0.4 is 10.1 Å². The van der Waals surface area contributed by atoms with Crippen molar-refractivity contribution in [2.75, 3.05) is 13.2 Å². The van der Waals surface area contributed by atoms with Crippen molar-refractivity contribution in [3.8, 4) is 5.75 Å². The van der Waals surface area contributed by atoms with Gasteiger partial charge in [-0.1, -0.05) is 31.4 Å². The molecule has 2 saturated carbocycles. The molecule has 3 rings (SSSR count). The van der Waals surface area contributed by atoms with Crippen LogP contribution in [0.1, 0.15) is 50.5 Å². The van der Waals surface area contributed by atoms with Crippen molar-refractivity contribution < 1.29 is 9.47 Å². The molecule has 0 atom stereocenters. The molecule has 1 aromatic rings. The molecule has 0 amide bonds. The summed E-state index contributed by atoms with van der Waals surface area (Å²) in [5.74, 6) is 0.956. The highest BCUT2D eigenvalue weighted by molar-refractivity contribution is 5.28. The smallest absolute Gasteiger partial charge is 0.119 e. The predicted octanol–water partition coefficient (Wildman–Crippen LogP) is 3.67. The third kappa shape index (κ3) is 5.33. The van der Waals surface area contributed by atoms with Gasteiger partial charge in [0, 0.05) is 12.6 Å². The van der Waals surface area contributed by atoms with Gasteiger partial charge in [0.15, 0.2) is 0 Å². The maximum atomic E-state index is 5.88. The predicted molar refractivity (Wildman–Crippen MR) is 84.6 cm³/mol. The van der Waals surface area contributed by atoms with Crippen LogP contribution in [0.3, 0.4) is 0 Å². The van der Waals surface area contributed by atoms with Gasteiger partial charge >= 0.3 is 0 Å². The van der Waals surface area contributed by atoms with E-state index in [9.17, 15) is 0 Å². The molecule has 116 valence electrons. The summed E-state index contributed by atoms with van der Waals surface area (Å²) in [6.07, 6.45) is 9.59. The Balaban J connectivity index is 1.34. The van der Waals surface area contributed by atoms with E-state index < -0.39 is 0 Å². The van der Waals surface area contributed by atoms with Crippen molar-refractivity contribution in [2.24, 2.45) is 0 Å². The Morgan fingerprint density at radius 3 is 2.67 bits per heavy atom.